The number of thiophene rings is 1. The van der Waals surface area contributed by atoms with E-state index in [0.717, 1.165) is 28.2 Å². The first kappa shape index (κ1) is 14.8. The molecule has 21 heavy (non-hydrogen) atoms. The van der Waals surface area contributed by atoms with Crippen LogP contribution in [0.15, 0.2) is 35.2 Å². The summed E-state index contributed by atoms with van der Waals surface area (Å²) in [4.78, 5) is 12.6. The lowest BCUT2D eigenvalue weighted by atomic mass is 10.2. The largest absolute Gasteiger partial charge is 0.221 e. The van der Waals surface area contributed by atoms with Crippen molar-refractivity contribution in [2.45, 2.75) is 30.9 Å². The Hall–Kier alpha value is -1.10. The summed E-state index contributed by atoms with van der Waals surface area (Å²) in [5.41, 5.74) is 1.27. The van der Waals surface area contributed by atoms with E-state index in [0.29, 0.717) is 5.15 Å². The quantitative estimate of drug-likeness (QED) is 0.465. The molecule has 0 N–H and O–H groups in total. The number of aromatic nitrogens is 2. The van der Waals surface area contributed by atoms with Crippen LogP contribution in [-0.4, -0.2) is 9.97 Å². The van der Waals surface area contributed by atoms with Crippen LogP contribution in [0.4, 0.5) is 0 Å². The molecule has 0 aliphatic carbocycles. The van der Waals surface area contributed by atoms with Crippen molar-refractivity contribution < 1.29 is 0 Å². The second-order valence-electron chi connectivity index (χ2n) is 4.82. The standard InChI is InChI=1S/C16H15ClN2S2/c1-3-11-8-13-15(17)18-14(19-16(13)21-11)9-20-12-6-4-10(2)5-7-12/h4-8H,3,9H2,1-2H3. The minimum absolute atomic E-state index is 0.565. The summed E-state index contributed by atoms with van der Waals surface area (Å²) < 4.78 is 0. The molecule has 0 saturated heterocycles. The Bertz CT molecular complexity index is 766. The highest BCUT2D eigenvalue weighted by Gasteiger charge is 2.10. The molecule has 2 aromatic heterocycles. The van der Waals surface area contributed by atoms with Crippen molar-refractivity contribution in [2.75, 3.05) is 0 Å². The zero-order valence-electron chi connectivity index (χ0n) is 11.9. The van der Waals surface area contributed by atoms with E-state index in [9.17, 15) is 0 Å². The van der Waals surface area contributed by atoms with Gasteiger partial charge in [-0.1, -0.05) is 36.2 Å². The Balaban J connectivity index is 1.82. The maximum absolute atomic E-state index is 6.28. The molecule has 3 rings (SSSR count). The van der Waals surface area contributed by atoms with Crippen molar-refractivity contribution in [3.05, 3.63) is 51.7 Å². The number of aryl methyl sites for hydroxylation is 2. The van der Waals surface area contributed by atoms with Crippen LogP contribution >= 0.6 is 34.7 Å². The number of rotatable bonds is 4. The van der Waals surface area contributed by atoms with Crippen molar-refractivity contribution in [3.8, 4) is 0 Å². The van der Waals surface area contributed by atoms with Gasteiger partial charge in [0, 0.05) is 15.2 Å². The maximum atomic E-state index is 6.28. The smallest absolute Gasteiger partial charge is 0.142 e. The molecule has 2 heterocycles. The monoisotopic (exact) mass is 334 g/mol. The Labute approximate surface area is 137 Å². The van der Waals surface area contributed by atoms with Crippen LogP contribution in [0.2, 0.25) is 5.15 Å². The molecule has 0 unspecified atom stereocenters. The van der Waals surface area contributed by atoms with Crippen LogP contribution in [0.25, 0.3) is 10.2 Å². The van der Waals surface area contributed by atoms with Gasteiger partial charge >= 0.3 is 0 Å². The molecule has 1 aromatic carbocycles. The third kappa shape index (κ3) is 3.39. The lowest BCUT2D eigenvalue weighted by Crippen LogP contribution is -1.92. The average molecular weight is 335 g/mol. The zero-order valence-corrected chi connectivity index (χ0v) is 14.3. The number of hydrogen-bond acceptors (Lipinski definition) is 4. The Morgan fingerprint density at radius 2 is 1.95 bits per heavy atom. The molecule has 0 bridgehead atoms. The van der Waals surface area contributed by atoms with Gasteiger partial charge < -0.3 is 0 Å². The first-order valence-electron chi connectivity index (χ1n) is 6.80. The molecule has 5 heteroatoms. The number of nitrogens with zero attached hydrogens (tertiary/aromatic N) is 2. The number of fused-ring (bicyclic) bond motifs is 1. The topological polar surface area (TPSA) is 25.8 Å². The second-order valence-corrected chi connectivity index (χ2v) is 7.34. The first-order chi connectivity index (χ1) is 10.2. The lowest BCUT2D eigenvalue weighted by Gasteiger charge is -2.02. The number of halogens is 1. The number of hydrogen-bond donors (Lipinski definition) is 0. The molecule has 0 aliphatic rings. The Morgan fingerprint density at radius 3 is 2.67 bits per heavy atom. The molecule has 0 spiro atoms. The van der Waals surface area contributed by atoms with Crippen LogP contribution in [0, 0.1) is 6.92 Å². The maximum Gasteiger partial charge on any atom is 0.142 e. The highest BCUT2D eigenvalue weighted by molar-refractivity contribution is 7.98. The third-order valence-corrected chi connectivity index (χ3v) is 5.65. The van der Waals surface area contributed by atoms with E-state index in [4.69, 9.17) is 11.6 Å². The van der Waals surface area contributed by atoms with Gasteiger partial charge in [-0.15, -0.1) is 23.1 Å². The van der Waals surface area contributed by atoms with Crippen LogP contribution in [0.5, 0.6) is 0 Å². The number of benzene rings is 1. The van der Waals surface area contributed by atoms with Gasteiger partial charge in [0.15, 0.2) is 0 Å². The predicted molar refractivity (Wildman–Crippen MR) is 92.5 cm³/mol. The molecule has 108 valence electrons. The molecular weight excluding hydrogens is 320 g/mol. The highest BCUT2D eigenvalue weighted by Crippen LogP contribution is 2.30. The summed E-state index contributed by atoms with van der Waals surface area (Å²) in [6.45, 7) is 4.23. The SMILES string of the molecule is CCc1cc2c(Cl)nc(CSc3ccc(C)cc3)nc2s1. The van der Waals surface area contributed by atoms with E-state index in [1.54, 1.807) is 23.1 Å². The van der Waals surface area contributed by atoms with Crippen molar-refractivity contribution in [2.24, 2.45) is 0 Å². The van der Waals surface area contributed by atoms with Crippen molar-refractivity contribution >= 4 is 44.9 Å². The molecule has 3 aromatic rings. The Morgan fingerprint density at radius 1 is 1.19 bits per heavy atom. The van der Waals surface area contributed by atoms with Crippen LogP contribution in [0.1, 0.15) is 23.2 Å². The summed E-state index contributed by atoms with van der Waals surface area (Å²) >= 11 is 9.72. The molecule has 0 fully saturated rings. The van der Waals surface area contributed by atoms with E-state index < -0.39 is 0 Å². The van der Waals surface area contributed by atoms with Gasteiger partial charge in [0.1, 0.15) is 15.8 Å². The van der Waals surface area contributed by atoms with Crippen molar-refractivity contribution in [3.63, 3.8) is 0 Å². The van der Waals surface area contributed by atoms with Crippen molar-refractivity contribution in [1.29, 1.82) is 0 Å². The van der Waals surface area contributed by atoms with E-state index in [-0.39, 0.29) is 0 Å². The first-order valence-corrected chi connectivity index (χ1v) is 8.98. The minimum Gasteiger partial charge on any atom is -0.221 e. The molecule has 0 saturated carbocycles. The molecule has 0 amide bonds. The number of thioether (sulfide) groups is 1. The fourth-order valence-electron chi connectivity index (χ4n) is 2.00. The molecule has 0 aliphatic heterocycles. The summed E-state index contributed by atoms with van der Waals surface area (Å²) in [6, 6.07) is 10.6. The van der Waals surface area contributed by atoms with E-state index in [1.807, 2.05) is 0 Å². The van der Waals surface area contributed by atoms with Gasteiger partial charge in [0.05, 0.1) is 5.75 Å². The van der Waals surface area contributed by atoms with Gasteiger partial charge in [0.2, 0.25) is 0 Å². The van der Waals surface area contributed by atoms with E-state index in [2.05, 4.69) is 54.1 Å². The van der Waals surface area contributed by atoms with Gasteiger partial charge in [-0.05, 0) is 31.5 Å². The molecule has 2 nitrogen and oxygen atoms in total. The normalized spacial score (nSPS) is 11.2. The van der Waals surface area contributed by atoms with E-state index in [1.165, 1.54) is 15.3 Å². The van der Waals surface area contributed by atoms with Crippen molar-refractivity contribution in [1.82, 2.24) is 9.97 Å². The predicted octanol–water partition coefficient (Wildman–Crippen LogP) is 5.51. The minimum atomic E-state index is 0.565. The molecular formula is C16H15ClN2S2. The van der Waals surface area contributed by atoms with Crippen LogP contribution in [-0.2, 0) is 12.2 Å². The molecule has 0 radical (unpaired) electrons. The Kier molecular flexibility index (Phi) is 4.48. The van der Waals surface area contributed by atoms with Gasteiger partial charge in [-0.25, -0.2) is 9.97 Å². The van der Waals surface area contributed by atoms with E-state index >= 15 is 0 Å². The summed E-state index contributed by atoms with van der Waals surface area (Å²) in [7, 11) is 0. The molecule has 0 atom stereocenters. The van der Waals surface area contributed by atoms with Crippen LogP contribution < -0.4 is 0 Å². The van der Waals surface area contributed by atoms with Gasteiger partial charge in [-0.2, -0.15) is 0 Å². The van der Waals surface area contributed by atoms with Gasteiger partial charge in [-0.3, -0.25) is 0 Å². The third-order valence-electron chi connectivity index (χ3n) is 3.18. The highest BCUT2D eigenvalue weighted by atomic mass is 35.5. The fourth-order valence-corrected chi connectivity index (χ4v) is 4.04. The second kappa shape index (κ2) is 6.34. The fraction of sp³-hybridized carbons (Fsp3) is 0.250. The van der Waals surface area contributed by atoms with Crippen LogP contribution in [0.3, 0.4) is 0 Å². The summed E-state index contributed by atoms with van der Waals surface area (Å²) in [5, 5.41) is 1.54. The average Bonchev–Trinajstić information content (AvgIpc) is 2.90. The zero-order chi connectivity index (χ0) is 14.8. The lowest BCUT2D eigenvalue weighted by molar-refractivity contribution is 1.07. The van der Waals surface area contributed by atoms with Gasteiger partial charge in [0.25, 0.3) is 0 Å². The summed E-state index contributed by atoms with van der Waals surface area (Å²) in [6.07, 6.45) is 1.00. The summed E-state index contributed by atoms with van der Waals surface area (Å²) in [5.74, 6) is 1.53.